The second kappa shape index (κ2) is 8.11. The molecule has 0 spiro atoms. The van der Waals surface area contributed by atoms with Crippen LogP contribution in [0.2, 0.25) is 0 Å². The van der Waals surface area contributed by atoms with Gasteiger partial charge < -0.3 is 15.0 Å². The van der Waals surface area contributed by atoms with Crippen LogP contribution in [-0.4, -0.2) is 42.5 Å². The van der Waals surface area contributed by atoms with Crippen LogP contribution in [0.4, 0.5) is 5.69 Å². The van der Waals surface area contributed by atoms with Gasteiger partial charge in [-0.25, -0.2) is 0 Å². The normalized spacial score (nSPS) is 17.1. The molecule has 1 aromatic carbocycles. The Morgan fingerprint density at radius 1 is 1.35 bits per heavy atom. The number of hydrogen-bond donors (Lipinski definition) is 1. The molecule has 1 fully saturated rings. The number of carbonyl (C=O) groups excluding carboxylic acids is 2. The first-order valence-corrected chi connectivity index (χ1v) is 8.20. The molecule has 1 aromatic rings. The van der Waals surface area contributed by atoms with Gasteiger partial charge in [0, 0.05) is 38.7 Å². The Kier molecular flexibility index (Phi) is 6.16. The summed E-state index contributed by atoms with van der Waals surface area (Å²) < 4.78 is 5.57. The highest BCUT2D eigenvalue weighted by atomic mass is 16.5. The zero-order valence-electron chi connectivity index (χ0n) is 14.2. The van der Waals surface area contributed by atoms with Crippen molar-refractivity contribution in [3.8, 4) is 0 Å². The average Bonchev–Trinajstić information content (AvgIpc) is 2.99. The Hall–Kier alpha value is -1.88. The maximum absolute atomic E-state index is 12.1. The monoisotopic (exact) mass is 318 g/mol. The van der Waals surface area contributed by atoms with E-state index in [1.807, 2.05) is 32.0 Å². The second-order valence-electron chi connectivity index (χ2n) is 6.22. The van der Waals surface area contributed by atoms with E-state index in [2.05, 4.69) is 5.32 Å². The van der Waals surface area contributed by atoms with Crippen molar-refractivity contribution < 1.29 is 14.3 Å². The van der Waals surface area contributed by atoms with Gasteiger partial charge in [0.2, 0.25) is 11.8 Å². The number of ether oxygens (including phenoxy) is 1. The highest BCUT2D eigenvalue weighted by molar-refractivity contribution is 5.91. The van der Waals surface area contributed by atoms with E-state index in [0.29, 0.717) is 19.5 Å². The Bertz CT molecular complexity index is 565. The third kappa shape index (κ3) is 5.36. The van der Waals surface area contributed by atoms with E-state index < -0.39 is 0 Å². The molecule has 0 aromatic heterocycles. The van der Waals surface area contributed by atoms with Gasteiger partial charge in [0.15, 0.2) is 0 Å². The summed E-state index contributed by atoms with van der Waals surface area (Å²) >= 11 is 0. The number of benzene rings is 1. The molecular formula is C18H26N2O3. The fourth-order valence-electron chi connectivity index (χ4n) is 2.81. The fraction of sp³-hybridized carbons (Fsp3) is 0.556. The predicted molar refractivity (Wildman–Crippen MR) is 90.4 cm³/mol. The molecule has 1 saturated heterocycles. The minimum absolute atomic E-state index is 0.0141. The van der Waals surface area contributed by atoms with Crippen molar-refractivity contribution in [2.45, 2.75) is 46.1 Å². The van der Waals surface area contributed by atoms with Gasteiger partial charge in [-0.05, 0) is 38.3 Å². The molecule has 0 aliphatic carbocycles. The molecule has 0 radical (unpaired) electrons. The first-order valence-electron chi connectivity index (χ1n) is 8.20. The van der Waals surface area contributed by atoms with Gasteiger partial charge in [0.1, 0.15) is 0 Å². The van der Waals surface area contributed by atoms with Gasteiger partial charge in [0.05, 0.1) is 6.10 Å². The minimum Gasteiger partial charge on any atom is -0.376 e. The molecule has 1 atom stereocenters. The van der Waals surface area contributed by atoms with Crippen LogP contribution in [0.15, 0.2) is 18.2 Å². The van der Waals surface area contributed by atoms with Crippen molar-refractivity contribution in [3.05, 3.63) is 29.3 Å². The van der Waals surface area contributed by atoms with E-state index in [9.17, 15) is 9.59 Å². The topological polar surface area (TPSA) is 58.6 Å². The van der Waals surface area contributed by atoms with Crippen molar-refractivity contribution in [2.24, 2.45) is 0 Å². The third-order valence-corrected chi connectivity index (χ3v) is 4.16. The Labute approximate surface area is 138 Å². The van der Waals surface area contributed by atoms with Crippen LogP contribution < -0.4 is 5.32 Å². The Balaban J connectivity index is 1.84. The van der Waals surface area contributed by atoms with E-state index >= 15 is 0 Å². The van der Waals surface area contributed by atoms with Gasteiger partial charge in [0.25, 0.3) is 0 Å². The van der Waals surface area contributed by atoms with E-state index in [1.165, 1.54) is 12.5 Å². The van der Waals surface area contributed by atoms with Crippen LogP contribution in [-0.2, 0) is 14.3 Å². The summed E-state index contributed by atoms with van der Waals surface area (Å²) in [5.41, 5.74) is 3.04. The number of hydrogen-bond acceptors (Lipinski definition) is 3. The number of amides is 2. The number of rotatable bonds is 6. The van der Waals surface area contributed by atoms with Gasteiger partial charge in [-0.3, -0.25) is 9.59 Å². The summed E-state index contributed by atoms with van der Waals surface area (Å²) in [5.74, 6) is -0.0876. The van der Waals surface area contributed by atoms with Crippen LogP contribution in [0.5, 0.6) is 0 Å². The third-order valence-electron chi connectivity index (χ3n) is 4.16. The molecular weight excluding hydrogens is 292 g/mol. The summed E-state index contributed by atoms with van der Waals surface area (Å²) in [6.07, 6.45) is 2.43. The lowest BCUT2D eigenvalue weighted by Gasteiger charge is -2.24. The molecule has 1 heterocycles. The van der Waals surface area contributed by atoms with Crippen LogP contribution in [0.3, 0.4) is 0 Å². The highest BCUT2D eigenvalue weighted by Gasteiger charge is 2.21. The predicted octanol–water partition coefficient (Wildman–Crippen LogP) is 2.66. The number of anilines is 1. The number of aryl methyl sites for hydroxylation is 2. The Morgan fingerprint density at radius 3 is 2.74 bits per heavy atom. The summed E-state index contributed by atoms with van der Waals surface area (Å²) in [6.45, 7) is 7.30. The number of carbonyl (C=O) groups is 2. The highest BCUT2D eigenvalue weighted by Crippen LogP contribution is 2.17. The van der Waals surface area contributed by atoms with Crippen LogP contribution in [0, 0.1) is 13.8 Å². The smallest absolute Gasteiger partial charge is 0.226 e. The molecule has 5 nitrogen and oxygen atoms in total. The van der Waals surface area contributed by atoms with Crippen molar-refractivity contribution in [1.29, 1.82) is 0 Å². The molecule has 2 amide bonds. The molecule has 126 valence electrons. The zero-order valence-corrected chi connectivity index (χ0v) is 14.2. The van der Waals surface area contributed by atoms with Gasteiger partial charge in [-0.1, -0.05) is 17.7 Å². The molecule has 0 bridgehead atoms. The molecule has 2 rings (SSSR count). The van der Waals surface area contributed by atoms with E-state index in [-0.39, 0.29) is 17.9 Å². The van der Waals surface area contributed by atoms with E-state index in [1.54, 1.807) is 4.90 Å². The first-order chi connectivity index (χ1) is 11.0. The van der Waals surface area contributed by atoms with Gasteiger partial charge >= 0.3 is 0 Å². The van der Waals surface area contributed by atoms with Gasteiger partial charge in [-0.15, -0.1) is 0 Å². The van der Waals surface area contributed by atoms with Crippen LogP contribution in [0.1, 0.15) is 37.3 Å². The maximum atomic E-state index is 12.1. The lowest BCUT2D eigenvalue weighted by atomic mass is 10.1. The van der Waals surface area contributed by atoms with E-state index in [4.69, 9.17) is 4.74 Å². The average molecular weight is 318 g/mol. The molecule has 1 N–H and O–H groups in total. The van der Waals surface area contributed by atoms with Crippen molar-refractivity contribution in [3.63, 3.8) is 0 Å². The molecule has 1 aliphatic heterocycles. The van der Waals surface area contributed by atoms with Crippen molar-refractivity contribution in [2.75, 3.05) is 25.0 Å². The van der Waals surface area contributed by atoms with Crippen LogP contribution >= 0.6 is 0 Å². The van der Waals surface area contributed by atoms with Gasteiger partial charge in [-0.2, -0.15) is 0 Å². The minimum atomic E-state index is -0.0736. The lowest BCUT2D eigenvalue weighted by molar-refractivity contribution is -0.130. The summed E-state index contributed by atoms with van der Waals surface area (Å²) in [7, 11) is 0. The standard InChI is InChI=1S/C18H26N2O3/c1-13-6-7-17(14(2)11-13)19-18(22)8-9-20(15(3)21)12-16-5-4-10-23-16/h6-7,11,16H,4-5,8-10,12H2,1-3H3,(H,19,22). The van der Waals surface area contributed by atoms with Crippen LogP contribution in [0.25, 0.3) is 0 Å². The maximum Gasteiger partial charge on any atom is 0.226 e. The second-order valence-corrected chi connectivity index (χ2v) is 6.22. The molecule has 1 unspecified atom stereocenters. The molecule has 23 heavy (non-hydrogen) atoms. The Morgan fingerprint density at radius 2 is 2.13 bits per heavy atom. The number of nitrogens with zero attached hydrogens (tertiary/aromatic N) is 1. The molecule has 0 saturated carbocycles. The largest absolute Gasteiger partial charge is 0.376 e. The summed E-state index contributed by atoms with van der Waals surface area (Å²) in [6, 6.07) is 5.93. The van der Waals surface area contributed by atoms with Crippen molar-refractivity contribution in [1.82, 2.24) is 4.90 Å². The quantitative estimate of drug-likeness (QED) is 0.877. The summed E-state index contributed by atoms with van der Waals surface area (Å²) in [5, 5.41) is 2.92. The first kappa shape index (κ1) is 17.5. The molecule has 5 heteroatoms. The zero-order chi connectivity index (χ0) is 16.8. The SMILES string of the molecule is CC(=O)N(CCC(=O)Nc1ccc(C)cc1C)CC1CCCO1. The molecule has 1 aliphatic rings. The van der Waals surface area contributed by atoms with E-state index in [0.717, 1.165) is 30.7 Å². The number of nitrogens with one attached hydrogen (secondary N) is 1. The summed E-state index contributed by atoms with van der Waals surface area (Å²) in [4.78, 5) is 25.6. The fourth-order valence-corrected chi connectivity index (χ4v) is 2.81. The lowest BCUT2D eigenvalue weighted by Crippen LogP contribution is -2.37. The van der Waals surface area contributed by atoms with Crippen molar-refractivity contribution >= 4 is 17.5 Å².